The first kappa shape index (κ1) is 29.9. The zero-order valence-corrected chi connectivity index (χ0v) is 27.7. The van der Waals surface area contributed by atoms with Crippen molar-refractivity contribution in [2.24, 2.45) is 0 Å². The van der Waals surface area contributed by atoms with E-state index in [1.54, 1.807) is 0 Å². The molecule has 50 heavy (non-hydrogen) atoms. The fourth-order valence-electron chi connectivity index (χ4n) is 8.18. The molecule has 0 unspecified atom stereocenters. The van der Waals surface area contributed by atoms with Crippen LogP contribution >= 0.6 is 0 Å². The SMILES string of the molecule is N#Cc1ccc2c(c1)-c1c(-c3cccc(-c4nc(-c5ccccc5)nc(-c5ccc(-c6ccccc6)cc5)n4)c3)cccc1C21CCCCC1. The highest BCUT2D eigenvalue weighted by Gasteiger charge is 2.44. The Morgan fingerprint density at radius 3 is 1.70 bits per heavy atom. The molecular formula is C46H34N4. The summed E-state index contributed by atoms with van der Waals surface area (Å²) in [6.45, 7) is 0. The van der Waals surface area contributed by atoms with Crippen molar-refractivity contribution >= 4 is 0 Å². The van der Waals surface area contributed by atoms with Crippen molar-refractivity contribution < 1.29 is 0 Å². The highest BCUT2D eigenvalue weighted by molar-refractivity contribution is 5.94. The van der Waals surface area contributed by atoms with Gasteiger partial charge in [-0.2, -0.15) is 5.26 Å². The maximum atomic E-state index is 9.87. The van der Waals surface area contributed by atoms with Gasteiger partial charge in [0.05, 0.1) is 11.6 Å². The minimum Gasteiger partial charge on any atom is -0.208 e. The molecule has 1 saturated carbocycles. The van der Waals surface area contributed by atoms with Crippen LogP contribution < -0.4 is 0 Å². The molecule has 4 heteroatoms. The molecule has 0 amide bonds. The van der Waals surface area contributed by atoms with E-state index in [0.29, 0.717) is 23.0 Å². The normalized spacial score (nSPS) is 14.1. The molecule has 238 valence electrons. The van der Waals surface area contributed by atoms with Gasteiger partial charge in [-0.05, 0) is 75.5 Å². The van der Waals surface area contributed by atoms with Crippen molar-refractivity contribution in [2.75, 3.05) is 0 Å². The standard InChI is InChI=1S/C46H34N4/c47-30-31-20-25-40-39(28-31)42-38(18-11-19-41(42)46(40)26-8-3-9-27-46)36-16-10-17-37(29-36)45-49-43(34-14-6-2-7-15-34)48-44(50-45)35-23-21-33(22-24-35)32-12-4-1-5-13-32/h1-2,4-7,10-25,28-29H,3,8-9,26-27H2. The zero-order valence-electron chi connectivity index (χ0n) is 27.7. The number of nitriles is 1. The van der Waals surface area contributed by atoms with Gasteiger partial charge in [-0.25, -0.2) is 15.0 Å². The number of aromatic nitrogens is 3. The summed E-state index contributed by atoms with van der Waals surface area (Å²) in [7, 11) is 0. The fraction of sp³-hybridized carbons (Fsp3) is 0.130. The van der Waals surface area contributed by atoms with Crippen LogP contribution in [0, 0.1) is 11.3 Å². The third-order valence-corrected chi connectivity index (χ3v) is 10.6. The van der Waals surface area contributed by atoms with Gasteiger partial charge < -0.3 is 0 Å². The monoisotopic (exact) mass is 642 g/mol. The summed E-state index contributed by atoms with van der Waals surface area (Å²) < 4.78 is 0. The summed E-state index contributed by atoms with van der Waals surface area (Å²) in [6, 6.07) is 53.0. The van der Waals surface area contributed by atoms with Crippen LogP contribution in [0.25, 0.3) is 67.5 Å². The second-order valence-corrected chi connectivity index (χ2v) is 13.4. The Bertz CT molecular complexity index is 2400. The lowest BCUT2D eigenvalue weighted by atomic mass is 9.67. The molecule has 2 aliphatic carbocycles. The number of benzene rings is 6. The molecule has 0 saturated heterocycles. The van der Waals surface area contributed by atoms with Gasteiger partial charge in [0.1, 0.15) is 0 Å². The van der Waals surface area contributed by atoms with E-state index in [1.165, 1.54) is 52.6 Å². The van der Waals surface area contributed by atoms with E-state index in [2.05, 4.69) is 109 Å². The maximum absolute atomic E-state index is 9.87. The zero-order chi connectivity index (χ0) is 33.5. The van der Waals surface area contributed by atoms with Crippen LogP contribution in [0.4, 0.5) is 0 Å². The summed E-state index contributed by atoms with van der Waals surface area (Å²) in [5.74, 6) is 1.91. The minimum absolute atomic E-state index is 0.00821. The number of fused-ring (bicyclic) bond motifs is 5. The van der Waals surface area contributed by atoms with E-state index in [-0.39, 0.29) is 5.41 Å². The second kappa shape index (κ2) is 12.4. The molecule has 2 aliphatic rings. The quantitative estimate of drug-likeness (QED) is 0.187. The molecule has 1 fully saturated rings. The molecule has 0 aliphatic heterocycles. The Balaban J connectivity index is 1.17. The van der Waals surface area contributed by atoms with Gasteiger partial charge in [0.25, 0.3) is 0 Å². The van der Waals surface area contributed by atoms with Crippen LogP contribution in [-0.4, -0.2) is 15.0 Å². The van der Waals surface area contributed by atoms with E-state index in [1.807, 2.05) is 42.5 Å². The Hall–Kier alpha value is -6.18. The summed E-state index contributed by atoms with van der Waals surface area (Å²) in [6.07, 6.45) is 6.01. The molecule has 0 N–H and O–H groups in total. The smallest absolute Gasteiger partial charge is 0.164 e. The molecular weight excluding hydrogens is 609 g/mol. The number of hydrogen-bond donors (Lipinski definition) is 0. The first-order valence-corrected chi connectivity index (χ1v) is 17.5. The minimum atomic E-state index is 0.00821. The summed E-state index contributed by atoms with van der Waals surface area (Å²) in [5.41, 5.74) is 13.4. The second-order valence-electron chi connectivity index (χ2n) is 13.4. The molecule has 6 aromatic carbocycles. The molecule has 4 nitrogen and oxygen atoms in total. The fourth-order valence-corrected chi connectivity index (χ4v) is 8.18. The van der Waals surface area contributed by atoms with Gasteiger partial charge in [0.2, 0.25) is 0 Å². The van der Waals surface area contributed by atoms with Gasteiger partial charge in [0.15, 0.2) is 17.5 Å². The predicted molar refractivity (Wildman–Crippen MR) is 201 cm³/mol. The predicted octanol–water partition coefficient (Wildman–Crippen LogP) is 11.3. The Kier molecular flexibility index (Phi) is 7.40. The molecule has 1 spiro atoms. The van der Waals surface area contributed by atoms with Gasteiger partial charge in [0, 0.05) is 22.1 Å². The van der Waals surface area contributed by atoms with E-state index >= 15 is 0 Å². The topological polar surface area (TPSA) is 62.5 Å². The van der Waals surface area contributed by atoms with E-state index in [0.717, 1.165) is 40.7 Å². The van der Waals surface area contributed by atoms with Gasteiger partial charge in [-0.1, -0.05) is 147 Å². The van der Waals surface area contributed by atoms with Crippen LogP contribution in [0.2, 0.25) is 0 Å². The Labute approximate surface area is 292 Å². The van der Waals surface area contributed by atoms with Crippen molar-refractivity contribution in [3.63, 3.8) is 0 Å². The van der Waals surface area contributed by atoms with Crippen LogP contribution in [0.15, 0.2) is 146 Å². The highest BCUT2D eigenvalue weighted by Crippen LogP contribution is 2.58. The van der Waals surface area contributed by atoms with Crippen molar-refractivity contribution in [3.05, 3.63) is 162 Å². The van der Waals surface area contributed by atoms with E-state index in [4.69, 9.17) is 15.0 Å². The first-order valence-electron chi connectivity index (χ1n) is 17.5. The molecule has 1 heterocycles. The third kappa shape index (κ3) is 5.11. The molecule has 9 rings (SSSR count). The first-order chi connectivity index (χ1) is 24.7. The Morgan fingerprint density at radius 2 is 1.00 bits per heavy atom. The lowest BCUT2D eigenvalue weighted by molar-refractivity contribution is 0.353. The molecule has 0 atom stereocenters. The number of hydrogen-bond acceptors (Lipinski definition) is 4. The van der Waals surface area contributed by atoms with Crippen LogP contribution in [-0.2, 0) is 5.41 Å². The lowest BCUT2D eigenvalue weighted by Crippen LogP contribution is -2.28. The van der Waals surface area contributed by atoms with Crippen molar-refractivity contribution in [1.82, 2.24) is 15.0 Å². The van der Waals surface area contributed by atoms with Crippen molar-refractivity contribution in [1.29, 1.82) is 5.26 Å². The van der Waals surface area contributed by atoms with Crippen LogP contribution in [0.1, 0.15) is 48.8 Å². The van der Waals surface area contributed by atoms with Gasteiger partial charge in [-0.15, -0.1) is 0 Å². The van der Waals surface area contributed by atoms with E-state index in [9.17, 15) is 5.26 Å². The average Bonchev–Trinajstić information content (AvgIpc) is 3.46. The summed E-state index contributed by atoms with van der Waals surface area (Å²) in [4.78, 5) is 15.1. The molecule has 1 aromatic heterocycles. The maximum Gasteiger partial charge on any atom is 0.164 e. The molecule has 0 radical (unpaired) electrons. The van der Waals surface area contributed by atoms with Crippen LogP contribution in [0.3, 0.4) is 0 Å². The largest absolute Gasteiger partial charge is 0.208 e. The molecule has 0 bridgehead atoms. The number of nitrogens with zero attached hydrogens (tertiary/aromatic N) is 4. The highest BCUT2D eigenvalue weighted by atomic mass is 15.0. The summed E-state index contributed by atoms with van der Waals surface area (Å²) in [5, 5.41) is 9.87. The van der Waals surface area contributed by atoms with Crippen molar-refractivity contribution in [3.8, 4) is 73.6 Å². The van der Waals surface area contributed by atoms with Gasteiger partial charge >= 0.3 is 0 Å². The average molecular weight is 643 g/mol. The molecule has 7 aromatic rings. The number of rotatable bonds is 5. The van der Waals surface area contributed by atoms with Gasteiger partial charge in [-0.3, -0.25) is 0 Å². The summed E-state index contributed by atoms with van der Waals surface area (Å²) >= 11 is 0. The third-order valence-electron chi connectivity index (χ3n) is 10.6. The lowest BCUT2D eigenvalue weighted by Gasteiger charge is -2.36. The van der Waals surface area contributed by atoms with Crippen LogP contribution in [0.5, 0.6) is 0 Å². The van der Waals surface area contributed by atoms with E-state index < -0.39 is 0 Å². The van der Waals surface area contributed by atoms with Crippen molar-refractivity contribution in [2.45, 2.75) is 37.5 Å². The Morgan fingerprint density at radius 1 is 0.440 bits per heavy atom.